The number of hydrogen-bond acceptors (Lipinski definition) is 4. The predicted molar refractivity (Wildman–Crippen MR) is 87.8 cm³/mol. The Kier molecular flexibility index (Phi) is 6.24. The summed E-state index contributed by atoms with van der Waals surface area (Å²) in [4.78, 5) is 11.9. The van der Waals surface area contributed by atoms with Crippen LogP contribution < -0.4 is 10.2 Å². The van der Waals surface area contributed by atoms with Crippen molar-refractivity contribution in [2.75, 3.05) is 23.3 Å². The van der Waals surface area contributed by atoms with Crippen LogP contribution in [0, 0.1) is 6.92 Å². The van der Waals surface area contributed by atoms with Crippen molar-refractivity contribution >= 4 is 11.6 Å². The minimum absolute atomic E-state index is 0.336. The van der Waals surface area contributed by atoms with Crippen LogP contribution in [0.2, 0.25) is 0 Å². The van der Waals surface area contributed by atoms with E-state index in [1.807, 2.05) is 0 Å². The van der Waals surface area contributed by atoms with Crippen molar-refractivity contribution in [2.45, 2.75) is 66.8 Å². The molecule has 1 rings (SSSR count). The van der Waals surface area contributed by atoms with Crippen molar-refractivity contribution in [1.29, 1.82) is 0 Å². The highest BCUT2D eigenvalue weighted by Gasteiger charge is 2.19. The average molecular weight is 278 g/mol. The van der Waals surface area contributed by atoms with Gasteiger partial charge in [0.2, 0.25) is 0 Å². The first kappa shape index (κ1) is 16.7. The minimum Gasteiger partial charge on any atom is -0.370 e. The highest BCUT2D eigenvalue weighted by atomic mass is 15.2. The Morgan fingerprint density at radius 1 is 1.10 bits per heavy atom. The van der Waals surface area contributed by atoms with Gasteiger partial charge in [0.25, 0.3) is 0 Å². The zero-order chi connectivity index (χ0) is 15.3. The Morgan fingerprint density at radius 3 is 2.20 bits per heavy atom. The second kappa shape index (κ2) is 7.46. The lowest BCUT2D eigenvalue weighted by molar-refractivity contribution is 0.651. The zero-order valence-electron chi connectivity index (χ0n) is 14.1. The normalized spacial score (nSPS) is 11.2. The maximum Gasteiger partial charge on any atom is 0.137 e. The molecule has 0 amide bonds. The molecule has 0 spiro atoms. The Labute approximate surface area is 124 Å². The maximum atomic E-state index is 4.83. The third-order valence-electron chi connectivity index (χ3n) is 3.36. The quantitative estimate of drug-likeness (QED) is 0.819. The van der Waals surface area contributed by atoms with Crippen LogP contribution >= 0.6 is 0 Å². The molecule has 20 heavy (non-hydrogen) atoms. The second-order valence-corrected chi connectivity index (χ2v) is 5.85. The van der Waals surface area contributed by atoms with Crippen molar-refractivity contribution in [3.05, 3.63) is 11.4 Å². The lowest BCUT2D eigenvalue weighted by atomic mass is 10.1. The van der Waals surface area contributed by atoms with Crippen molar-refractivity contribution in [3.8, 4) is 0 Å². The van der Waals surface area contributed by atoms with Crippen LogP contribution in [-0.4, -0.2) is 29.1 Å². The van der Waals surface area contributed by atoms with Crippen molar-refractivity contribution < 1.29 is 0 Å². The molecule has 4 heteroatoms. The summed E-state index contributed by atoms with van der Waals surface area (Å²) < 4.78 is 0. The lowest BCUT2D eigenvalue weighted by Crippen LogP contribution is -2.33. The van der Waals surface area contributed by atoms with E-state index in [9.17, 15) is 0 Å². The van der Waals surface area contributed by atoms with Gasteiger partial charge in [-0.3, -0.25) is 0 Å². The fourth-order valence-electron chi connectivity index (χ4n) is 2.25. The summed E-state index contributed by atoms with van der Waals surface area (Å²) in [5.41, 5.74) is 1.15. The Balaban J connectivity index is 3.34. The van der Waals surface area contributed by atoms with Crippen LogP contribution in [0.15, 0.2) is 0 Å². The first-order chi connectivity index (χ1) is 9.42. The summed E-state index contributed by atoms with van der Waals surface area (Å²) in [7, 11) is 0. The third kappa shape index (κ3) is 3.84. The zero-order valence-corrected chi connectivity index (χ0v) is 14.1. The van der Waals surface area contributed by atoms with E-state index in [4.69, 9.17) is 4.98 Å². The minimum atomic E-state index is 0.336. The molecule has 0 atom stereocenters. The first-order valence-electron chi connectivity index (χ1n) is 7.81. The molecule has 0 aliphatic heterocycles. The smallest absolute Gasteiger partial charge is 0.137 e. The third-order valence-corrected chi connectivity index (χ3v) is 3.36. The summed E-state index contributed by atoms with van der Waals surface area (Å²) in [6, 6.07) is 0.443. The Morgan fingerprint density at radius 2 is 1.75 bits per heavy atom. The first-order valence-corrected chi connectivity index (χ1v) is 7.81. The topological polar surface area (TPSA) is 41.1 Å². The Hall–Kier alpha value is -1.32. The summed E-state index contributed by atoms with van der Waals surface area (Å²) in [5, 5.41) is 3.37. The molecule has 0 aliphatic rings. The van der Waals surface area contributed by atoms with Crippen molar-refractivity contribution in [3.63, 3.8) is 0 Å². The van der Waals surface area contributed by atoms with E-state index < -0.39 is 0 Å². The highest BCUT2D eigenvalue weighted by Crippen LogP contribution is 2.27. The van der Waals surface area contributed by atoms with Crippen molar-refractivity contribution in [1.82, 2.24) is 9.97 Å². The molecular formula is C16H30N4. The number of aromatic nitrogens is 2. The number of nitrogens with one attached hydrogen (secondary N) is 1. The van der Waals surface area contributed by atoms with Gasteiger partial charge in [0.1, 0.15) is 17.5 Å². The van der Waals surface area contributed by atoms with E-state index >= 15 is 0 Å². The van der Waals surface area contributed by atoms with Crippen LogP contribution in [0.4, 0.5) is 11.6 Å². The molecule has 1 N–H and O–H groups in total. The maximum absolute atomic E-state index is 4.83. The number of rotatable bonds is 7. The van der Waals surface area contributed by atoms with Gasteiger partial charge in [0, 0.05) is 30.6 Å². The molecule has 1 aromatic heterocycles. The van der Waals surface area contributed by atoms with E-state index in [0.717, 1.165) is 42.5 Å². The van der Waals surface area contributed by atoms with Gasteiger partial charge in [-0.05, 0) is 34.1 Å². The fraction of sp³-hybridized carbons (Fsp3) is 0.750. The SMILES string of the molecule is CCCN(c1nc(C(C)C)nc(NCC)c1C)C(C)C. The van der Waals surface area contributed by atoms with Crippen LogP contribution in [0.25, 0.3) is 0 Å². The number of nitrogens with zero attached hydrogens (tertiary/aromatic N) is 3. The number of hydrogen-bond donors (Lipinski definition) is 1. The van der Waals surface area contributed by atoms with Gasteiger partial charge in [-0.25, -0.2) is 9.97 Å². The van der Waals surface area contributed by atoms with Crippen LogP contribution in [0.1, 0.15) is 65.3 Å². The molecule has 0 fully saturated rings. The summed E-state index contributed by atoms with van der Waals surface area (Å²) >= 11 is 0. The molecule has 0 saturated heterocycles. The molecule has 1 aromatic rings. The van der Waals surface area contributed by atoms with Gasteiger partial charge in [0.05, 0.1) is 0 Å². The van der Waals surface area contributed by atoms with Gasteiger partial charge >= 0.3 is 0 Å². The molecule has 0 aliphatic carbocycles. The van der Waals surface area contributed by atoms with Crippen LogP contribution in [0.5, 0.6) is 0 Å². The molecule has 0 bridgehead atoms. The van der Waals surface area contributed by atoms with Gasteiger partial charge in [0.15, 0.2) is 0 Å². The standard InChI is InChI=1S/C16H30N4/c1-8-10-20(12(5)6)16-13(7)15(17-9-2)18-14(19-16)11(3)4/h11-12H,8-10H2,1-7H3,(H,17,18,19). The van der Waals surface area contributed by atoms with Crippen LogP contribution in [-0.2, 0) is 0 Å². The summed E-state index contributed by atoms with van der Waals surface area (Å²) in [6.07, 6.45) is 1.12. The van der Waals surface area contributed by atoms with E-state index in [1.54, 1.807) is 0 Å². The summed E-state index contributed by atoms with van der Waals surface area (Å²) in [5.74, 6) is 3.31. The van der Waals surface area contributed by atoms with Crippen molar-refractivity contribution in [2.24, 2.45) is 0 Å². The van der Waals surface area contributed by atoms with E-state index in [2.05, 4.69) is 63.7 Å². The van der Waals surface area contributed by atoms with Gasteiger partial charge < -0.3 is 10.2 Å². The molecule has 114 valence electrons. The van der Waals surface area contributed by atoms with Gasteiger partial charge in [-0.15, -0.1) is 0 Å². The monoisotopic (exact) mass is 278 g/mol. The average Bonchev–Trinajstić information content (AvgIpc) is 2.38. The van der Waals surface area contributed by atoms with Gasteiger partial charge in [-0.2, -0.15) is 0 Å². The van der Waals surface area contributed by atoms with E-state index in [0.29, 0.717) is 12.0 Å². The second-order valence-electron chi connectivity index (χ2n) is 5.85. The van der Waals surface area contributed by atoms with E-state index in [1.165, 1.54) is 0 Å². The molecule has 0 radical (unpaired) electrons. The molecule has 0 aromatic carbocycles. The highest BCUT2D eigenvalue weighted by molar-refractivity contribution is 5.59. The predicted octanol–water partition coefficient (Wildman–Crippen LogP) is 3.97. The van der Waals surface area contributed by atoms with Gasteiger partial charge in [-0.1, -0.05) is 20.8 Å². The Bertz CT molecular complexity index is 427. The molecular weight excluding hydrogens is 248 g/mol. The molecule has 0 saturated carbocycles. The fourth-order valence-corrected chi connectivity index (χ4v) is 2.25. The van der Waals surface area contributed by atoms with Crippen LogP contribution in [0.3, 0.4) is 0 Å². The molecule has 4 nitrogen and oxygen atoms in total. The lowest BCUT2D eigenvalue weighted by Gasteiger charge is -2.30. The summed E-state index contributed by atoms with van der Waals surface area (Å²) in [6.45, 7) is 17.1. The number of anilines is 2. The largest absolute Gasteiger partial charge is 0.370 e. The molecule has 0 unspecified atom stereocenters. The van der Waals surface area contributed by atoms with E-state index in [-0.39, 0.29) is 0 Å². The molecule has 1 heterocycles.